The third kappa shape index (κ3) is 4.18. The number of ether oxygens (including phenoxy) is 1. The second kappa shape index (κ2) is 7.25. The Morgan fingerprint density at radius 1 is 1.16 bits per heavy atom. The first-order valence-corrected chi connectivity index (χ1v) is 9.47. The number of aliphatic carboxylic acids is 1. The number of hydrogen-bond acceptors (Lipinski definition) is 4. The summed E-state index contributed by atoms with van der Waals surface area (Å²) < 4.78 is 33.0. The highest BCUT2D eigenvalue weighted by molar-refractivity contribution is 7.89. The topological polar surface area (TPSA) is 92.7 Å². The van der Waals surface area contributed by atoms with Crippen molar-refractivity contribution in [1.29, 1.82) is 0 Å². The summed E-state index contributed by atoms with van der Waals surface area (Å²) in [4.78, 5) is 10.9. The molecule has 0 aromatic heterocycles. The number of benzene rings is 2. The summed E-state index contributed by atoms with van der Waals surface area (Å²) in [6, 6.07) is 13.6. The van der Waals surface area contributed by atoms with Crippen LogP contribution in [-0.4, -0.2) is 32.1 Å². The van der Waals surface area contributed by atoms with Crippen molar-refractivity contribution in [2.75, 3.05) is 6.61 Å². The van der Waals surface area contributed by atoms with Gasteiger partial charge in [-0.2, -0.15) is 0 Å². The van der Waals surface area contributed by atoms with Crippen LogP contribution in [0.5, 0.6) is 5.75 Å². The van der Waals surface area contributed by atoms with Gasteiger partial charge < -0.3 is 9.84 Å². The van der Waals surface area contributed by atoms with E-state index in [1.54, 1.807) is 42.5 Å². The molecule has 1 atom stereocenters. The second-order valence-corrected chi connectivity index (χ2v) is 7.66. The predicted octanol–water partition coefficient (Wildman–Crippen LogP) is 1.99. The third-order valence-electron chi connectivity index (χ3n) is 4.17. The first kappa shape index (κ1) is 17.4. The van der Waals surface area contributed by atoms with Gasteiger partial charge >= 0.3 is 5.97 Å². The van der Waals surface area contributed by atoms with Gasteiger partial charge in [0.2, 0.25) is 10.0 Å². The molecule has 0 amide bonds. The molecule has 1 unspecified atom stereocenters. The molecule has 0 aliphatic heterocycles. The van der Waals surface area contributed by atoms with Crippen molar-refractivity contribution >= 4 is 16.0 Å². The molecule has 0 spiro atoms. The van der Waals surface area contributed by atoms with Crippen molar-refractivity contribution in [2.45, 2.75) is 30.2 Å². The van der Waals surface area contributed by atoms with Crippen molar-refractivity contribution in [3.8, 4) is 5.75 Å². The zero-order valence-corrected chi connectivity index (χ0v) is 14.3. The summed E-state index contributed by atoms with van der Waals surface area (Å²) in [5, 5.41) is 8.76. The lowest BCUT2D eigenvalue weighted by atomic mass is 9.88. The molecule has 2 aromatic rings. The molecule has 0 saturated carbocycles. The van der Waals surface area contributed by atoms with Gasteiger partial charge in [-0.1, -0.05) is 30.3 Å². The van der Waals surface area contributed by atoms with Crippen molar-refractivity contribution in [3.05, 3.63) is 59.7 Å². The lowest BCUT2D eigenvalue weighted by molar-refractivity contribution is -0.139. The van der Waals surface area contributed by atoms with E-state index in [4.69, 9.17) is 9.84 Å². The van der Waals surface area contributed by atoms with Gasteiger partial charge in [0.15, 0.2) is 6.61 Å². The summed E-state index contributed by atoms with van der Waals surface area (Å²) in [7, 11) is -3.55. The maximum absolute atomic E-state index is 12.5. The van der Waals surface area contributed by atoms with E-state index in [-0.39, 0.29) is 17.5 Å². The van der Waals surface area contributed by atoms with Crippen LogP contribution in [0.1, 0.15) is 17.5 Å². The smallest absolute Gasteiger partial charge is 0.341 e. The SMILES string of the molecule is O=C(O)COc1cccc2c1CCC(NS(=O)(=O)c1ccccc1)C2. The fourth-order valence-electron chi connectivity index (χ4n) is 3.03. The number of carbonyl (C=O) groups is 1. The molecule has 6 nitrogen and oxygen atoms in total. The van der Waals surface area contributed by atoms with Crippen molar-refractivity contribution in [2.24, 2.45) is 0 Å². The molecule has 0 heterocycles. The molecule has 0 saturated heterocycles. The van der Waals surface area contributed by atoms with Crippen LogP contribution in [0.15, 0.2) is 53.4 Å². The van der Waals surface area contributed by atoms with Gasteiger partial charge in [-0.3, -0.25) is 0 Å². The Bertz CT molecular complexity index is 864. The predicted molar refractivity (Wildman–Crippen MR) is 92.1 cm³/mol. The summed E-state index contributed by atoms with van der Waals surface area (Å²) >= 11 is 0. The lowest BCUT2D eigenvalue weighted by Gasteiger charge is -2.26. The molecule has 0 bridgehead atoms. The number of carboxylic acid groups (broad SMARTS) is 1. The Hall–Kier alpha value is -2.38. The Balaban J connectivity index is 1.74. The van der Waals surface area contributed by atoms with E-state index in [0.717, 1.165) is 11.1 Å². The zero-order chi connectivity index (χ0) is 17.9. The molecular formula is C18H19NO5S. The van der Waals surface area contributed by atoms with Gasteiger partial charge in [0.05, 0.1) is 4.90 Å². The third-order valence-corrected chi connectivity index (χ3v) is 5.70. The largest absolute Gasteiger partial charge is 0.482 e. The van der Waals surface area contributed by atoms with Crippen molar-refractivity contribution in [3.63, 3.8) is 0 Å². The van der Waals surface area contributed by atoms with E-state index in [2.05, 4.69) is 4.72 Å². The number of sulfonamides is 1. The normalized spacial score (nSPS) is 16.9. The zero-order valence-electron chi connectivity index (χ0n) is 13.5. The van der Waals surface area contributed by atoms with E-state index in [1.807, 2.05) is 6.07 Å². The van der Waals surface area contributed by atoms with Crippen LogP contribution >= 0.6 is 0 Å². The Morgan fingerprint density at radius 2 is 1.92 bits per heavy atom. The second-order valence-electron chi connectivity index (χ2n) is 5.95. The molecule has 0 fully saturated rings. The lowest BCUT2D eigenvalue weighted by Crippen LogP contribution is -2.38. The molecular weight excluding hydrogens is 342 g/mol. The van der Waals surface area contributed by atoms with E-state index in [9.17, 15) is 13.2 Å². The van der Waals surface area contributed by atoms with Gasteiger partial charge in [0.1, 0.15) is 5.75 Å². The Morgan fingerprint density at radius 3 is 2.64 bits per heavy atom. The molecule has 0 radical (unpaired) electrons. The molecule has 7 heteroatoms. The summed E-state index contributed by atoms with van der Waals surface area (Å²) in [6.07, 6.45) is 1.81. The average molecular weight is 361 g/mol. The van der Waals surface area contributed by atoms with Crippen LogP contribution < -0.4 is 9.46 Å². The maximum Gasteiger partial charge on any atom is 0.341 e. The number of nitrogens with one attached hydrogen (secondary N) is 1. The minimum atomic E-state index is -3.55. The van der Waals surface area contributed by atoms with Crippen LogP contribution in [0.2, 0.25) is 0 Å². The van der Waals surface area contributed by atoms with Gasteiger partial charge in [-0.15, -0.1) is 0 Å². The highest BCUT2D eigenvalue weighted by atomic mass is 32.2. The van der Waals surface area contributed by atoms with Gasteiger partial charge in [0, 0.05) is 6.04 Å². The Labute approximate surface area is 146 Å². The number of rotatable bonds is 6. The highest BCUT2D eigenvalue weighted by Crippen LogP contribution is 2.30. The Kier molecular flexibility index (Phi) is 5.06. The molecule has 25 heavy (non-hydrogen) atoms. The van der Waals surface area contributed by atoms with Crippen LogP contribution in [0, 0.1) is 0 Å². The van der Waals surface area contributed by atoms with E-state index in [1.165, 1.54) is 0 Å². The van der Waals surface area contributed by atoms with Crippen LogP contribution in [0.4, 0.5) is 0 Å². The van der Waals surface area contributed by atoms with Crippen LogP contribution in [-0.2, 0) is 27.7 Å². The number of carboxylic acids is 1. The molecule has 1 aliphatic rings. The van der Waals surface area contributed by atoms with Gasteiger partial charge in [-0.05, 0) is 48.6 Å². The molecule has 2 N–H and O–H groups in total. The van der Waals surface area contributed by atoms with Crippen molar-refractivity contribution < 1.29 is 23.1 Å². The van der Waals surface area contributed by atoms with Crippen LogP contribution in [0.25, 0.3) is 0 Å². The first-order chi connectivity index (χ1) is 12.0. The van der Waals surface area contributed by atoms with Gasteiger partial charge in [-0.25, -0.2) is 17.9 Å². The summed E-state index contributed by atoms with van der Waals surface area (Å²) in [5.74, 6) is -0.467. The molecule has 2 aromatic carbocycles. The fraction of sp³-hybridized carbons (Fsp3) is 0.278. The minimum Gasteiger partial charge on any atom is -0.482 e. The van der Waals surface area contributed by atoms with Crippen molar-refractivity contribution in [1.82, 2.24) is 4.72 Å². The number of hydrogen-bond donors (Lipinski definition) is 2. The first-order valence-electron chi connectivity index (χ1n) is 7.98. The molecule has 132 valence electrons. The van der Waals surface area contributed by atoms with E-state index < -0.39 is 16.0 Å². The van der Waals surface area contributed by atoms with Gasteiger partial charge in [0.25, 0.3) is 0 Å². The quantitative estimate of drug-likeness (QED) is 0.821. The summed E-state index contributed by atoms with van der Waals surface area (Å²) in [5.41, 5.74) is 1.94. The van der Waals surface area contributed by atoms with Crippen LogP contribution in [0.3, 0.4) is 0 Å². The monoisotopic (exact) mass is 361 g/mol. The summed E-state index contributed by atoms with van der Waals surface area (Å²) in [6.45, 7) is -0.388. The highest BCUT2D eigenvalue weighted by Gasteiger charge is 2.26. The standard InChI is InChI=1S/C18H19NO5S/c20-18(21)12-24-17-8-4-5-13-11-14(9-10-16(13)17)19-25(22,23)15-6-2-1-3-7-15/h1-8,14,19H,9-12H2,(H,20,21). The average Bonchev–Trinajstić information content (AvgIpc) is 2.60. The van der Waals surface area contributed by atoms with E-state index >= 15 is 0 Å². The minimum absolute atomic E-state index is 0.201. The molecule has 3 rings (SSSR count). The fourth-order valence-corrected chi connectivity index (χ4v) is 4.33. The maximum atomic E-state index is 12.5. The number of fused-ring (bicyclic) bond motifs is 1. The van der Waals surface area contributed by atoms with E-state index in [0.29, 0.717) is 25.0 Å². The molecule has 1 aliphatic carbocycles.